The molecule has 0 saturated carbocycles. The Morgan fingerprint density at radius 3 is 2.39 bits per heavy atom. The number of rotatable bonds is 8. The number of nitrogens with zero attached hydrogens (tertiary/aromatic N) is 2. The van der Waals surface area contributed by atoms with Crippen LogP contribution in [0.3, 0.4) is 0 Å². The van der Waals surface area contributed by atoms with E-state index in [9.17, 15) is 4.79 Å². The van der Waals surface area contributed by atoms with Crippen LogP contribution >= 0.6 is 0 Å². The Hall–Kier alpha value is -4.26. The van der Waals surface area contributed by atoms with E-state index >= 15 is 0 Å². The number of benzene rings is 3. The van der Waals surface area contributed by atoms with Crippen molar-refractivity contribution in [2.24, 2.45) is 0 Å². The Labute approximate surface area is 192 Å². The molecule has 0 aliphatic carbocycles. The molecule has 0 fully saturated rings. The Balaban J connectivity index is 1.65. The molecular formula is C26H25N3O4. The van der Waals surface area contributed by atoms with Crippen LogP contribution in [0.5, 0.6) is 17.2 Å². The predicted octanol–water partition coefficient (Wildman–Crippen LogP) is 4.50. The monoisotopic (exact) mass is 443 g/mol. The van der Waals surface area contributed by atoms with Crippen molar-refractivity contribution in [3.05, 3.63) is 90.1 Å². The number of carbonyl (C=O) groups is 1. The summed E-state index contributed by atoms with van der Waals surface area (Å²) in [5, 5.41) is 7.70. The molecule has 0 bridgehead atoms. The summed E-state index contributed by atoms with van der Waals surface area (Å²) in [5.41, 5.74) is 3.58. The lowest BCUT2D eigenvalue weighted by molar-refractivity contribution is 0.0951. The van der Waals surface area contributed by atoms with E-state index in [0.717, 1.165) is 16.8 Å². The summed E-state index contributed by atoms with van der Waals surface area (Å²) in [6.45, 7) is 0.327. The highest BCUT2D eigenvalue weighted by atomic mass is 16.5. The molecule has 33 heavy (non-hydrogen) atoms. The van der Waals surface area contributed by atoms with Crippen LogP contribution < -0.4 is 19.5 Å². The number of aromatic nitrogens is 2. The number of para-hydroxylation sites is 1. The lowest BCUT2D eigenvalue weighted by atomic mass is 10.1. The van der Waals surface area contributed by atoms with E-state index in [1.807, 2.05) is 72.8 Å². The SMILES string of the molecule is COc1cccc(-c2nn(-c3ccccc3)cc2C(=O)NCc2ccc(OC)c(OC)c2)c1. The van der Waals surface area contributed by atoms with Gasteiger partial charge >= 0.3 is 0 Å². The van der Waals surface area contributed by atoms with Gasteiger partial charge in [0.25, 0.3) is 5.91 Å². The molecule has 1 amide bonds. The van der Waals surface area contributed by atoms with E-state index in [4.69, 9.17) is 19.3 Å². The highest BCUT2D eigenvalue weighted by molar-refractivity contribution is 6.00. The highest BCUT2D eigenvalue weighted by Gasteiger charge is 2.19. The van der Waals surface area contributed by atoms with Crippen molar-refractivity contribution in [1.29, 1.82) is 0 Å². The first-order chi connectivity index (χ1) is 16.1. The minimum absolute atomic E-state index is 0.232. The minimum Gasteiger partial charge on any atom is -0.497 e. The Morgan fingerprint density at radius 2 is 1.67 bits per heavy atom. The van der Waals surface area contributed by atoms with Crippen LogP contribution in [-0.2, 0) is 6.54 Å². The summed E-state index contributed by atoms with van der Waals surface area (Å²) in [6, 6.07) is 22.7. The first-order valence-corrected chi connectivity index (χ1v) is 10.4. The van der Waals surface area contributed by atoms with Crippen molar-refractivity contribution in [2.75, 3.05) is 21.3 Å². The van der Waals surface area contributed by atoms with Crippen molar-refractivity contribution in [3.8, 4) is 34.2 Å². The molecule has 168 valence electrons. The third kappa shape index (κ3) is 4.82. The minimum atomic E-state index is -0.232. The molecule has 0 aliphatic heterocycles. The van der Waals surface area contributed by atoms with Crippen LogP contribution in [0.4, 0.5) is 0 Å². The van der Waals surface area contributed by atoms with Crippen molar-refractivity contribution >= 4 is 5.91 Å². The van der Waals surface area contributed by atoms with Gasteiger partial charge in [-0.15, -0.1) is 0 Å². The molecule has 4 rings (SSSR count). The van der Waals surface area contributed by atoms with E-state index < -0.39 is 0 Å². The number of ether oxygens (including phenoxy) is 3. The maximum Gasteiger partial charge on any atom is 0.255 e. The van der Waals surface area contributed by atoms with Crippen molar-refractivity contribution in [3.63, 3.8) is 0 Å². The second-order valence-electron chi connectivity index (χ2n) is 7.28. The molecule has 3 aromatic carbocycles. The summed E-state index contributed by atoms with van der Waals surface area (Å²) in [5.74, 6) is 1.71. The van der Waals surface area contributed by atoms with Gasteiger partial charge < -0.3 is 19.5 Å². The third-order valence-electron chi connectivity index (χ3n) is 5.22. The van der Waals surface area contributed by atoms with E-state index in [2.05, 4.69) is 5.32 Å². The zero-order valence-corrected chi connectivity index (χ0v) is 18.7. The summed E-state index contributed by atoms with van der Waals surface area (Å²) in [7, 11) is 4.78. The van der Waals surface area contributed by atoms with Crippen LogP contribution in [-0.4, -0.2) is 37.0 Å². The van der Waals surface area contributed by atoms with Gasteiger partial charge in [0.05, 0.1) is 32.6 Å². The fourth-order valence-corrected chi connectivity index (χ4v) is 3.50. The average Bonchev–Trinajstić information content (AvgIpc) is 3.33. The smallest absolute Gasteiger partial charge is 0.255 e. The Bertz CT molecular complexity index is 1250. The average molecular weight is 444 g/mol. The summed E-state index contributed by atoms with van der Waals surface area (Å²) in [4.78, 5) is 13.2. The zero-order chi connectivity index (χ0) is 23.2. The quantitative estimate of drug-likeness (QED) is 0.434. The van der Waals surface area contributed by atoms with Gasteiger partial charge in [0.2, 0.25) is 0 Å². The lowest BCUT2D eigenvalue weighted by Crippen LogP contribution is -2.23. The van der Waals surface area contributed by atoms with Crippen LogP contribution in [0.25, 0.3) is 16.9 Å². The normalized spacial score (nSPS) is 10.5. The van der Waals surface area contributed by atoms with Gasteiger partial charge in [-0.25, -0.2) is 4.68 Å². The third-order valence-corrected chi connectivity index (χ3v) is 5.22. The number of amides is 1. The van der Waals surface area contributed by atoms with Gasteiger partial charge in [-0.05, 0) is 42.0 Å². The van der Waals surface area contributed by atoms with Crippen LogP contribution in [0.1, 0.15) is 15.9 Å². The number of hydrogen-bond donors (Lipinski definition) is 1. The molecule has 7 nitrogen and oxygen atoms in total. The first kappa shape index (κ1) is 22.0. The molecule has 7 heteroatoms. The van der Waals surface area contributed by atoms with Gasteiger partial charge in [-0.1, -0.05) is 36.4 Å². The first-order valence-electron chi connectivity index (χ1n) is 10.4. The molecule has 1 aromatic heterocycles. The fraction of sp³-hybridized carbons (Fsp3) is 0.154. The van der Waals surface area contributed by atoms with Gasteiger partial charge in [0.15, 0.2) is 11.5 Å². The van der Waals surface area contributed by atoms with Crippen molar-refractivity contribution < 1.29 is 19.0 Å². The molecule has 0 saturated heterocycles. The van der Waals surface area contributed by atoms with Crippen LogP contribution in [0.15, 0.2) is 79.0 Å². The number of nitrogens with one attached hydrogen (secondary N) is 1. The maximum absolute atomic E-state index is 13.2. The van der Waals surface area contributed by atoms with E-state index in [-0.39, 0.29) is 5.91 Å². The maximum atomic E-state index is 13.2. The second-order valence-corrected chi connectivity index (χ2v) is 7.28. The summed E-state index contributed by atoms with van der Waals surface area (Å²) < 4.78 is 17.7. The predicted molar refractivity (Wildman–Crippen MR) is 126 cm³/mol. The van der Waals surface area contributed by atoms with E-state index in [0.29, 0.717) is 35.1 Å². The van der Waals surface area contributed by atoms with E-state index in [1.165, 1.54) is 0 Å². The van der Waals surface area contributed by atoms with Gasteiger partial charge in [0, 0.05) is 18.3 Å². The molecule has 0 radical (unpaired) electrons. The summed E-state index contributed by atoms with van der Waals surface area (Å²) in [6.07, 6.45) is 1.74. The van der Waals surface area contributed by atoms with Crippen LogP contribution in [0, 0.1) is 0 Å². The molecule has 0 atom stereocenters. The number of methoxy groups -OCH3 is 3. The van der Waals surface area contributed by atoms with Crippen molar-refractivity contribution in [2.45, 2.75) is 6.54 Å². The van der Waals surface area contributed by atoms with E-state index in [1.54, 1.807) is 32.2 Å². The lowest BCUT2D eigenvalue weighted by Gasteiger charge is -2.10. The van der Waals surface area contributed by atoms with Crippen molar-refractivity contribution in [1.82, 2.24) is 15.1 Å². The molecule has 1 N–H and O–H groups in total. The zero-order valence-electron chi connectivity index (χ0n) is 18.7. The molecule has 0 spiro atoms. The van der Waals surface area contributed by atoms with Gasteiger partial charge in [-0.3, -0.25) is 4.79 Å². The largest absolute Gasteiger partial charge is 0.497 e. The molecule has 1 heterocycles. The molecule has 4 aromatic rings. The van der Waals surface area contributed by atoms with Gasteiger partial charge in [-0.2, -0.15) is 5.10 Å². The highest BCUT2D eigenvalue weighted by Crippen LogP contribution is 2.29. The Morgan fingerprint density at radius 1 is 0.879 bits per heavy atom. The topological polar surface area (TPSA) is 74.6 Å². The standard InChI is InChI=1S/C26H25N3O4/c1-31-21-11-7-8-19(15-21)25-22(17-29(28-25)20-9-5-4-6-10-20)26(30)27-16-18-12-13-23(32-2)24(14-18)33-3/h4-15,17H,16H2,1-3H3,(H,27,30). The molecule has 0 aliphatic rings. The molecule has 0 unspecified atom stereocenters. The Kier molecular flexibility index (Phi) is 6.59. The molecular weight excluding hydrogens is 418 g/mol. The number of hydrogen-bond acceptors (Lipinski definition) is 5. The van der Waals surface area contributed by atoms with Crippen LogP contribution in [0.2, 0.25) is 0 Å². The second kappa shape index (κ2) is 9.91. The van der Waals surface area contributed by atoms with Gasteiger partial charge in [0.1, 0.15) is 11.4 Å². The number of carbonyl (C=O) groups excluding carboxylic acids is 1. The summed E-state index contributed by atoms with van der Waals surface area (Å²) >= 11 is 0. The fourth-order valence-electron chi connectivity index (χ4n) is 3.50.